The maximum atomic E-state index is 10.8. The van der Waals surface area contributed by atoms with Crippen molar-refractivity contribution < 1.29 is 9.59 Å². The van der Waals surface area contributed by atoms with E-state index >= 15 is 0 Å². The topological polar surface area (TPSA) is 34.1 Å². The summed E-state index contributed by atoms with van der Waals surface area (Å²) in [5, 5.41) is 1.92. The first-order chi connectivity index (χ1) is 7.01. The third-order valence-electron chi connectivity index (χ3n) is 2.97. The van der Waals surface area contributed by atoms with Crippen molar-refractivity contribution in [3.63, 3.8) is 0 Å². The maximum absolute atomic E-state index is 10.8. The lowest BCUT2D eigenvalue weighted by Crippen LogP contribution is -2.25. The largest absolute Gasteiger partial charge is 0.303 e. The second kappa shape index (κ2) is 4.71. The molecule has 0 saturated carbocycles. The minimum atomic E-state index is -0.0966. The molecule has 0 aliphatic rings. The summed E-state index contributed by atoms with van der Waals surface area (Å²) in [6.45, 7) is 6.02. The molecule has 0 aliphatic carbocycles. The molecule has 82 valence electrons. The van der Waals surface area contributed by atoms with Crippen LogP contribution >= 0.6 is 11.3 Å². The van der Waals surface area contributed by atoms with Gasteiger partial charge in [0, 0.05) is 5.92 Å². The van der Waals surface area contributed by atoms with Gasteiger partial charge in [0.15, 0.2) is 6.29 Å². The van der Waals surface area contributed by atoms with Gasteiger partial charge in [-0.3, -0.25) is 4.79 Å². The zero-order valence-electron chi connectivity index (χ0n) is 9.32. The van der Waals surface area contributed by atoms with Crippen molar-refractivity contribution >= 4 is 23.9 Å². The van der Waals surface area contributed by atoms with Gasteiger partial charge in [-0.25, -0.2) is 0 Å². The van der Waals surface area contributed by atoms with E-state index in [4.69, 9.17) is 0 Å². The molecule has 1 aromatic heterocycles. The van der Waals surface area contributed by atoms with Crippen LogP contribution in [0, 0.1) is 11.3 Å². The molecule has 0 N–H and O–H groups in total. The molecule has 0 radical (unpaired) electrons. The Bertz CT molecular complexity index is 352. The van der Waals surface area contributed by atoms with Gasteiger partial charge in [-0.05, 0) is 28.8 Å². The van der Waals surface area contributed by atoms with Crippen LogP contribution in [-0.2, 0) is 11.2 Å². The molecule has 2 nitrogen and oxygen atoms in total. The molecular formula is C12H16O2S. The summed E-state index contributed by atoms with van der Waals surface area (Å²) in [6, 6.07) is 1.97. The van der Waals surface area contributed by atoms with E-state index in [0.29, 0.717) is 0 Å². The highest BCUT2D eigenvalue weighted by molar-refractivity contribution is 7.11. The molecule has 3 heteroatoms. The van der Waals surface area contributed by atoms with Gasteiger partial charge in [-0.2, -0.15) is 0 Å². The number of thiophene rings is 1. The fraction of sp³-hybridized carbons (Fsp3) is 0.500. The highest BCUT2D eigenvalue weighted by Crippen LogP contribution is 2.31. The van der Waals surface area contributed by atoms with Crippen LogP contribution in [0.5, 0.6) is 0 Å². The zero-order valence-corrected chi connectivity index (χ0v) is 10.1. The Hall–Kier alpha value is -0.960. The molecule has 0 spiro atoms. The molecule has 1 unspecified atom stereocenters. The molecule has 0 bridgehead atoms. The van der Waals surface area contributed by atoms with Gasteiger partial charge in [0.1, 0.15) is 6.29 Å². The highest BCUT2D eigenvalue weighted by Gasteiger charge is 2.26. The van der Waals surface area contributed by atoms with Crippen LogP contribution in [0.2, 0.25) is 0 Å². The average molecular weight is 224 g/mol. The molecule has 15 heavy (non-hydrogen) atoms. The van der Waals surface area contributed by atoms with Gasteiger partial charge in [-0.15, -0.1) is 11.3 Å². The van der Waals surface area contributed by atoms with E-state index in [1.807, 2.05) is 18.4 Å². The van der Waals surface area contributed by atoms with E-state index in [0.717, 1.165) is 29.4 Å². The Morgan fingerprint density at radius 2 is 2.13 bits per heavy atom. The van der Waals surface area contributed by atoms with Gasteiger partial charge in [-0.1, -0.05) is 20.8 Å². The number of hydrogen-bond acceptors (Lipinski definition) is 3. The predicted molar refractivity (Wildman–Crippen MR) is 62.4 cm³/mol. The minimum absolute atomic E-state index is 0.00287. The summed E-state index contributed by atoms with van der Waals surface area (Å²) in [4.78, 5) is 22.3. The van der Waals surface area contributed by atoms with Crippen molar-refractivity contribution in [2.45, 2.75) is 27.2 Å². The van der Waals surface area contributed by atoms with Gasteiger partial charge in [0.25, 0.3) is 0 Å². The zero-order chi connectivity index (χ0) is 11.5. The molecule has 0 saturated heterocycles. The Balaban J connectivity index is 2.85. The number of hydrogen-bond donors (Lipinski definition) is 0. The SMILES string of the molecule is CC(C=O)C(C)(C)Cc1ccsc1C=O. The summed E-state index contributed by atoms with van der Waals surface area (Å²) in [6.07, 6.45) is 2.64. The first-order valence-electron chi connectivity index (χ1n) is 4.98. The first kappa shape index (κ1) is 12.1. The smallest absolute Gasteiger partial charge is 0.160 e. The van der Waals surface area contributed by atoms with Crippen LogP contribution in [0.25, 0.3) is 0 Å². The van der Waals surface area contributed by atoms with Crippen molar-refractivity contribution in [3.05, 3.63) is 21.9 Å². The summed E-state index contributed by atoms with van der Waals surface area (Å²) >= 11 is 1.45. The summed E-state index contributed by atoms with van der Waals surface area (Å²) in [5.74, 6) is -0.00287. The van der Waals surface area contributed by atoms with Crippen LogP contribution in [0.1, 0.15) is 36.0 Å². The number of aldehydes is 2. The second-order valence-corrected chi connectivity index (χ2v) is 5.47. The van der Waals surface area contributed by atoms with Gasteiger partial charge in [0.2, 0.25) is 0 Å². The lowest BCUT2D eigenvalue weighted by molar-refractivity contribution is -0.113. The van der Waals surface area contributed by atoms with E-state index in [-0.39, 0.29) is 11.3 Å². The predicted octanol–water partition coefficient (Wildman–Crippen LogP) is 2.96. The lowest BCUT2D eigenvalue weighted by Gasteiger charge is -2.28. The maximum Gasteiger partial charge on any atom is 0.160 e. The van der Waals surface area contributed by atoms with Crippen LogP contribution in [-0.4, -0.2) is 12.6 Å². The molecule has 0 aromatic carbocycles. The van der Waals surface area contributed by atoms with E-state index in [1.165, 1.54) is 11.3 Å². The van der Waals surface area contributed by atoms with Crippen LogP contribution in [0.4, 0.5) is 0 Å². The molecular weight excluding hydrogens is 208 g/mol. The lowest BCUT2D eigenvalue weighted by atomic mass is 9.76. The van der Waals surface area contributed by atoms with Crippen molar-refractivity contribution in [3.8, 4) is 0 Å². The number of carbonyl (C=O) groups is 2. The molecule has 1 aromatic rings. The molecule has 1 atom stereocenters. The van der Waals surface area contributed by atoms with E-state index in [9.17, 15) is 9.59 Å². The molecule has 1 rings (SSSR count). The standard InChI is InChI=1S/C12H16O2S/c1-9(7-13)12(2,3)6-10-4-5-15-11(10)8-14/h4-5,7-9H,6H2,1-3H3. The third-order valence-corrected chi connectivity index (χ3v) is 3.86. The number of carbonyl (C=O) groups excluding carboxylic acids is 2. The van der Waals surface area contributed by atoms with Crippen LogP contribution < -0.4 is 0 Å². The van der Waals surface area contributed by atoms with Crippen LogP contribution in [0.3, 0.4) is 0 Å². The van der Waals surface area contributed by atoms with E-state index < -0.39 is 0 Å². The van der Waals surface area contributed by atoms with Gasteiger partial charge < -0.3 is 4.79 Å². The average Bonchev–Trinajstić information content (AvgIpc) is 2.63. The van der Waals surface area contributed by atoms with Gasteiger partial charge >= 0.3 is 0 Å². The van der Waals surface area contributed by atoms with E-state index in [1.54, 1.807) is 0 Å². The fourth-order valence-electron chi connectivity index (χ4n) is 1.43. The second-order valence-electron chi connectivity index (χ2n) is 4.52. The molecule has 0 aliphatic heterocycles. The van der Waals surface area contributed by atoms with E-state index in [2.05, 4.69) is 13.8 Å². The third kappa shape index (κ3) is 2.75. The monoisotopic (exact) mass is 224 g/mol. The summed E-state index contributed by atoms with van der Waals surface area (Å²) in [5.41, 5.74) is 0.953. The van der Waals surface area contributed by atoms with Gasteiger partial charge in [0.05, 0.1) is 4.88 Å². The van der Waals surface area contributed by atoms with Crippen molar-refractivity contribution in [2.75, 3.05) is 0 Å². The molecule has 1 heterocycles. The summed E-state index contributed by atoms with van der Waals surface area (Å²) in [7, 11) is 0. The van der Waals surface area contributed by atoms with Crippen molar-refractivity contribution in [1.29, 1.82) is 0 Å². The Kier molecular flexibility index (Phi) is 3.80. The highest BCUT2D eigenvalue weighted by atomic mass is 32.1. The summed E-state index contributed by atoms with van der Waals surface area (Å²) < 4.78 is 0. The van der Waals surface area contributed by atoms with Crippen molar-refractivity contribution in [1.82, 2.24) is 0 Å². The first-order valence-corrected chi connectivity index (χ1v) is 5.86. The molecule has 0 fully saturated rings. The fourth-order valence-corrected chi connectivity index (χ4v) is 2.16. The Morgan fingerprint density at radius 3 is 2.67 bits per heavy atom. The Labute approximate surface area is 94.3 Å². The minimum Gasteiger partial charge on any atom is -0.303 e. The molecule has 0 amide bonds. The van der Waals surface area contributed by atoms with Crippen molar-refractivity contribution in [2.24, 2.45) is 11.3 Å². The normalized spacial score (nSPS) is 13.5. The Morgan fingerprint density at radius 1 is 1.47 bits per heavy atom. The quantitative estimate of drug-likeness (QED) is 0.721. The van der Waals surface area contributed by atoms with Crippen LogP contribution in [0.15, 0.2) is 11.4 Å². The number of rotatable bonds is 5.